The van der Waals surface area contributed by atoms with E-state index in [1.54, 1.807) is 27.1 Å². The van der Waals surface area contributed by atoms with Crippen molar-refractivity contribution in [2.24, 2.45) is 0 Å². The highest BCUT2D eigenvalue weighted by Gasteiger charge is 2.37. The van der Waals surface area contributed by atoms with Crippen molar-refractivity contribution in [2.45, 2.75) is 32.7 Å². The van der Waals surface area contributed by atoms with E-state index >= 15 is 0 Å². The predicted molar refractivity (Wildman–Crippen MR) is 94.7 cm³/mol. The van der Waals surface area contributed by atoms with Crippen molar-refractivity contribution in [1.29, 1.82) is 0 Å². The minimum Gasteiger partial charge on any atom is -0.323 e. The third-order valence-corrected chi connectivity index (χ3v) is 6.08. The van der Waals surface area contributed by atoms with Crippen LogP contribution in [0.4, 0.5) is 11.6 Å². The Hall–Kier alpha value is -2.04. The Labute approximate surface area is 147 Å². The molecule has 0 spiro atoms. The van der Waals surface area contributed by atoms with Crippen LogP contribution in [0.25, 0.3) is 0 Å². The van der Waals surface area contributed by atoms with Crippen LogP contribution in [0.2, 0.25) is 0 Å². The first-order valence-electron chi connectivity index (χ1n) is 8.11. The topological polar surface area (TPSA) is 107 Å². The van der Waals surface area contributed by atoms with Gasteiger partial charge >= 0.3 is 0 Å². The summed E-state index contributed by atoms with van der Waals surface area (Å²) < 4.78 is 27.9. The molecule has 0 aromatic carbocycles. The second kappa shape index (κ2) is 6.70. The number of rotatable bonds is 5. The first-order valence-corrected chi connectivity index (χ1v) is 9.51. The van der Waals surface area contributed by atoms with Gasteiger partial charge in [-0.25, -0.2) is 9.97 Å². The number of aromatic nitrogens is 4. The van der Waals surface area contributed by atoms with Crippen molar-refractivity contribution in [3.8, 4) is 0 Å². The highest BCUT2D eigenvalue weighted by Crippen LogP contribution is 2.34. The van der Waals surface area contributed by atoms with Gasteiger partial charge in [0.15, 0.2) is 5.82 Å². The van der Waals surface area contributed by atoms with Crippen molar-refractivity contribution >= 4 is 21.8 Å². The number of anilines is 2. The summed E-state index contributed by atoms with van der Waals surface area (Å²) in [5.41, 5.74) is 1.64. The molecule has 0 bridgehead atoms. The summed E-state index contributed by atoms with van der Waals surface area (Å²) in [6.45, 7) is 4.21. The summed E-state index contributed by atoms with van der Waals surface area (Å²) in [6, 6.07) is 3.39. The van der Waals surface area contributed by atoms with Gasteiger partial charge in [-0.2, -0.15) is 22.1 Å². The molecule has 2 aromatic heterocycles. The van der Waals surface area contributed by atoms with Gasteiger partial charge in [0.2, 0.25) is 0 Å². The molecule has 1 atom stereocenters. The van der Waals surface area contributed by atoms with Crippen LogP contribution in [0.15, 0.2) is 12.1 Å². The van der Waals surface area contributed by atoms with Crippen LogP contribution < -0.4 is 5.32 Å². The quantitative estimate of drug-likeness (QED) is 0.831. The SMILES string of the molecule is Cc1nc(Nc2cc(C)[nH]n2)cc(C2CCCN2S(=O)(=O)N(C)C)n1. The molecule has 2 N–H and O–H groups in total. The summed E-state index contributed by atoms with van der Waals surface area (Å²) in [4.78, 5) is 8.86. The molecule has 1 unspecified atom stereocenters. The normalized spacial score (nSPS) is 18.8. The molecule has 2 aromatic rings. The molecule has 3 rings (SSSR count). The zero-order valence-electron chi connectivity index (χ0n) is 14.8. The average molecular weight is 365 g/mol. The maximum atomic E-state index is 12.6. The number of H-pyrrole nitrogens is 1. The zero-order chi connectivity index (χ0) is 18.2. The van der Waals surface area contributed by atoms with Crippen molar-refractivity contribution in [3.63, 3.8) is 0 Å². The van der Waals surface area contributed by atoms with E-state index in [2.05, 4.69) is 25.5 Å². The Kier molecular flexibility index (Phi) is 4.76. The fraction of sp³-hybridized carbons (Fsp3) is 0.533. The lowest BCUT2D eigenvalue weighted by atomic mass is 10.1. The van der Waals surface area contributed by atoms with Crippen LogP contribution in [0.1, 0.15) is 36.1 Å². The van der Waals surface area contributed by atoms with E-state index in [0.29, 0.717) is 29.7 Å². The summed E-state index contributed by atoms with van der Waals surface area (Å²) in [7, 11) is -0.398. The molecule has 1 aliphatic heterocycles. The summed E-state index contributed by atoms with van der Waals surface area (Å²) in [5.74, 6) is 1.84. The van der Waals surface area contributed by atoms with Gasteiger partial charge in [0.1, 0.15) is 11.6 Å². The summed E-state index contributed by atoms with van der Waals surface area (Å²) >= 11 is 0. The molecule has 3 heterocycles. The number of hydrogen-bond acceptors (Lipinski definition) is 6. The Morgan fingerprint density at radius 1 is 1.24 bits per heavy atom. The van der Waals surface area contributed by atoms with E-state index < -0.39 is 10.2 Å². The summed E-state index contributed by atoms with van der Waals surface area (Å²) in [5, 5.41) is 10.1. The molecule has 0 amide bonds. The smallest absolute Gasteiger partial charge is 0.282 e. The largest absolute Gasteiger partial charge is 0.323 e. The number of hydrogen-bond donors (Lipinski definition) is 2. The lowest BCUT2D eigenvalue weighted by molar-refractivity contribution is 0.357. The molecule has 9 nitrogen and oxygen atoms in total. The molecular formula is C15H23N7O2S. The minimum absolute atomic E-state index is 0.282. The molecule has 136 valence electrons. The van der Waals surface area contributed by atoms with Crippen molar-refractivity contribution < 1.29 is 8.42 Å². The third-order valence-electron chi connectivity index (χ3n) is 4.12. The lowest BCUT2D eigenvalue weighted by Gasteiger charge is -2.26. The van der Waals surface area contributed by atoms with Crippen molar-refractivity contribution in [1.82, 2.24) is 28.8 Å². The van der Waals surface area contributed by atoms with E-state index in [1.807, 2.05) is 13.0 Å². The van der Waals surface area contributed by atoms with E-state index in [-0.39, 0.29) is 6.04 Å². The molecule has 0 radical (unpaired) electrons. The fourth-order valence-corrected chi connectivity index (χ4v) is 4.27. The van der Waals surface area contributed by atoms with Crippen molar-refractivity contribution in [2.75, 3.05) is 26.0 Å². The van der Waals surface area contributed by atoms with Gasteiger partial charge in [-0.15, -0.1) is 0 Å². The van der Waals surface area contributed by atoms with Gasteiger partial charge in [-0.05, 0) is 26.7 Å². The maximum absolute atomic E-state index is 12.6. The number of aryl methyl sites for hydroxylation is 2. The predicted octanol–water partition coefficient (Wildman–Crippen LogP) is 1.50. The highest BCUT2D eigenvalue weighted by atomic mass is 32.2. The molecule has 1 saturated heterocycles. The van der Waals surface area contributed by atoms with E-state index in [9.17, 15) is 8.42 Å². The minimum atomic E-state index is -3.49. The van der Waals surface area contributed by atoms with Crippen LogP contribution in [0, 0.1) is 13.8 Å². The molecule has 10 heteroatoms. The number of aromatic amines is 1. The highest BCUT2D eigenvalue weighted by molar-refractivity contribution is 7.86. The van der Waals surface area contributed by atoms with Gasteiger partial charge in [-0.1, -0.05) is 0 Å². The lowest BCUT2D eigenvalue weighted by Crippen LogP contribution is -2.39. The van der Waals surface area contributed by atoms with Gasteiger partial charge in [0, 0.05) is 38.5 Å². The standard InChI is InChI=1S/C15H23N7O2S/c1-10-8-15(20-19-10)18-14-9-12(16-11(2)17-14)13-6-5-7-22(13)25(23,24)21(3)4/h8-9,13H,5-7H2,1-4H3,(H2,16,17,18,19,20). The molecule has 25 heavy (non-hydrogen) atoms. The second-order valence-electron chi connectivity index (χ2n) is 6.35. The van der Waals surface area contributed by atoms with E-state index in [0.717, 1.165) is 18.5 Å². The van der Waals surface area contributed by atoms with E-state index in [1.165, 1.54) is 8.61 Å². The van der Waals surface area contributed by atoms with Gasteiger partial charge in [-0.3, -0.25) is 5.10 Å². The Balaban J connectivity index is 1.91. The first-order chi connectivity index (χ1) is 11.8. The molecule has 1 aliphatic rings. The van der Waals surface area contributed by atoms with E-state index in [4.69, 9.17) is 0 Å². The van der Waals surface area contributed by atoms with Crippen molar-refractivity contribution in [3.05, 3.63) is 29.3 Å². The molecular weight excluding hydrogens is 342 g/mol. The Bertz CT molecular complexity index is 863. The number of nitrogens with zero attached hydrogens (tertiary/aromatic N) is 5. The Morgan fingerprint density at radius 2 is 2.00 bits per heavy atom. The van der Waals surface area contributed by atoms with Crippen LogP contribution in [-0.2, 0) is 10.2 Å². The van der Waals surface area contributed by atoms with Crippen LogP contribution in [-0.4, -0.2) is 57.8 Å². The van der Waals surface area contributed by atoms with Crippen LogP contribution in [0.3, 0.4) is 0 Å². The molecule has 1 fully saturated rings. The number of nitrogens with one attached hydrogen (secondary N) is 2. The Morgan fingerprint density at radius 3 is 2.64 bits per heavy atom. The van der Waals surface area contributed by atoms with Crippen LogP contribution in [0.5, 0.6) is 0 Å². The second-order valence-corrected chi connectivity index (χ2v) is 8.44. The molecule has 0 saturated carbocycles. The van der Waals surface area contributed by atoms with Gasteiger partial charge in [0.25, 0.3) is 10.2 Å². The fourth-order valence-electron chi connectivity index (χ4n) is 2.96. The molecule has 0 aliphatic carbocycles. The maximum Gasteiger partial charge on any atom is 0.282 e. The first kappa shape index (κ1) is 17.8. The van der Waals surface area contributed by atoms with Gasteiger partial charge in [0.05, 0.1) is 11.7 Å². The zero-order valence-corrected chi connectivity index (χ0v) is 15.6. The van der Waals surface area contributed by atoms with Gasteiger partial charge < -0.3 is 5.32 Å². The average Bonchev–Trinajstić information content (AvgIpc) is 3.16. The van der Waals surface area contributed by atoms with Crippen LogP contribution >= 0.6 is 0 Å². The summed E-state index contributed by atoms with van der Waals surface area (Å²) in [6.07, 6.45) is 1.55. The monoisotopic (exact) mass is 365 g/mol. The third kappa shape index (κ3) is 3.65.